The summed E-state index contributed by atoms with van der Waals surface area (Å²) in [5.74, 6) is 0. The molecule has 0 fully saturated rings. The van der Waals surface area contributed by atoms with Crippen molar-refractivity contribution in [1.29, 1.82) is 0 Å². The highest BCUT2D eigenvalue weighted by Crippen LogP contribution is 2.42. The molecule has 0 nitrogen and oxygen atoms in total. The standard InChI is InChI=1S/C21H19B/c22-17-16-21(18-10-4-1-5-11-18,19-12-6-2-7-13-19)20-14-8-3-9-15-20/h1-15H,16-17H2. The van der Waals surface area contributed by atoms with Crippen molar-refractivity contribution in [3.63, 3.8) is 0 Å². The summed E-state index contributed by atoms with van der Waals surface area (Å²) >= 11 is 0. The highest BCUT2D eigenvalue weighted by molar-refractivity contribution is 6.08. The summed E-state index contributed by atoms with van der Waals surface area (Å²) in [5.41, 5.74) is 3.67. The second-order valence-electron chi connectivity index (χ2n) is 5.54. The van der Waals surface area contributed by atoms with Crippen LogP contribution in [0.15, 0.2) is 91.0 Å². The van der Waals surface area contributed by atoms with Crippen LogP contribution in [-0.4, -0.2) is 7.85 Å². The Hall–Kier alpha value is -2.28. The Labute approximate surface area is 134 Å². The van der Waals surface area contributed by atoms with Gasteiger partial charge in [-0.1, -0.05) is 97.3 Å². The highest BCUT2D eigenvalue weighted by Gasteiger charge is 2.34. The minimum absolute atomic E-state index is 0.196. The Morgan fingerprint density at radius 3 is 1.14 bits per heavy atom. The van der Waals surface area contributed by atoms with Crippen LogP contribution in [0.3, 0.4) is 0 Å². The van der Waals surface area contributed by atoms with Crippen molar-refractivity contribution < 1.29 is 0 Å². The minimum atomic E-state index is -0.196. The van der Waals surface area contributed by atoms with Crippen molar-refractivity contribution in [3.05, 3.63) is 108 Å². The first-order valence-electron chi connectivity index (χ1n) is 7.74. The summed E-state index contributed by atoms with van der Waals surface area (Å²) in [5, 5.41) is 0. The molecule has 0 amide bonds. The van der Waals surface area contributed by atoms with Gasteiger partial charge in [-0.05, 0) is 23.1 Å². The third kappa shape index (κ3) is 2.59. The summed E-state index contributed by atoms with van der Waals surface area (Å²) in [6, 6.07) is 32.0. The van der Waals surface area contributed by atoms with E-state index in [-0.39, 0.29) is 5.41 Å². The minimum Gasteiger partial charge on any atom is -0.0872 e. The topological polar surface area (TPSA) is 0 Å². The van der Waals surface area contributed by atoms with Crippen LogP contribution in [-0.2, 0) is 5.41 Å². The Morgan fingerprint density at radius 2 is 0.864 bits per heavy atom. The summed E-state index contributed by atoms with van der Waals surface area (Å²) < 4.78 is 0. The fourth-order valence-electron chi connectivity index (χ4n) is 3.32. The van der Waals surface area contributed by atoms with Gasteiger partial charge in [0.1, 0.15) is 0 Å². The molecule has 0 aliphatic rings. The maximum Gasteiger partial charge on any atom is 0.0653 e. The van der Waals surface area contributed by atoms with Gasteiger partial charge in [0.05, 0.1) is 7.85 Å². The van der Waals surface area contributed by atoms with Gasteiger partial charge in [-0.3, -0.25) is 0 Å². The number of hydrogen-bond donors (Lipinski definition) is 0. The summed E-state index contributed by atoms with van der Waals surface area (Å²) in [6.07, 6.45) is 1.52. The van der Waals surface area contributed by atoms with Gasteiger partial charge in [0, 0.05) is 5.41 Å². The molecule has 106 valence electrons. The van der Waals surface area contributed by atoms with E-state index in [0.29, 0.717) is 6.32 Å². The molecule has 0 saturated carbocycles. The third-order valence-electron chi connectivity index (χ3n) is 4.32. The van der Waals surface area contributed by atoms with Crippen LogP contribution in [0, 0.1) is 0 Å². The van der Waals surface area contributed by atoms with E-state index < -0.39 is 0 Å². The van der Waals surface area contributed by atoms with E-state index in [4.69, 9.17) is 7.85 Å². The molecule has 0 aliphatic carbocycles. The second kappa shape index (κ2) is 6.66. The van der Waals surface area contributed by atoms with Crippen molar-refractivity contribution in [2.75, 3.05) is 0 Å². The van der Waals surface area contributed by atoms with E-state index >= 15 is 0 Å². The molecule has 3 aromatic rings. The van der Waals surface area contributed by atoms with Crippen LogP contribution in [0.5, 0.6) is 0 Å². The second-order valence-corrected chi connectivity index (χ2v) is 5.54. The van der Waals surface area contributed by atoms with Crippen molar-refractivity contribution in [1.82, 2.24) is 0 Å². The fraction of sp³-hybridized carbons (Fsp3) is 0.143. The van der Waals surface area contributed by atoms with Gasteiger partial charge >= 0.3 is 0 Å². The lowest BCUT2D eigenvalue weighted by Gasteiger charge is -2.36. The zero-order chi connectivity index (χ0) is 15.3. The van der Waals surface area contributed by atoms with Gasteiger partial charge in [-0.2, -0.15) is 0 Å². The highest BCUT2D eigenvalue weighted by atomic mass is 14.4. The fourth-order valence-corrected chi connectivity index (χ4v) is 3.32. The molecular formula is C21H19B. The average Bonchev–Trinajstić information content (AvgIpc) is 2.62. The predicted octanol–water partition coefficient (Wildman–Crippen LogP) is 5.00. The summed E-state index contributed by atoms with van der Waals surface area (Å²) in [4.78, 5) is 0. The molecule has 3 rings (SSSR count). The molecule has 0 aliphatic heterocycles. The number of benzene rings is 3. The Bertz CT molecular complexity index is 593. The largest absolute Gasteiger partial charge is 0.0872 e. The van der Waals surface area contributed by atoms with Gasteiger partial charge in [0.15, 0.2) is 0 Å². The van der Waals surface area contributed by atoms with E-state index in [2.05, 4.69) is 91.0 Å². The van der Waals surface area contributed by atoms with Crippen molar-refractivity contribution >= 4 is 7.85 Å². The molecule has 0 aromatic heterocycles. The Kier molecular flexibility index (Phi) is 4.43. The third-order valence-corrected chi connectivity index (χ3v) is 4.32. The molecule has 0 spiro atoms. The maximum atomic E-state index is 6.03. The number of rotatable bonds is 5. The smallest absolute Gasteiger partial charge is 0.0653 e. The first kappa shape index (κ1) is 14.7. The van der Waals surface area contributed by atoms with Crippen LogP contribution >= 0.6 is 0 Å². The molecular weight excluding hydrogens is 263 g/mol. The van der Waals surface area contributed by atoms with Crippen LogP contribution in [0.1, 0.15) is 23.1 Å². The molecule has 0 unspecified atom stereocenters. The van der Waals surface area contributed by atoms with Gasteiger partial charge in [-0.15, -0.1) is 0 Å². The normalized spacial score (nSPS) is 11.3. The van der Waals surface area contributed by atoms with Crippen molar-refractivity contribution in [3.8, 4) is 0 Å². The van der Waals surface area contributed by atoms with E-state index in [1.54, 1.807) is 0 Å². The average molecular weight is 282 g/mol. The molecule has 2 radical (unpaired) electrons. The lowest BCUT2D eigenvalue weighted by Crippen LogP contribution is -2.29. The molecule has 0 atom stereocenters. The van der Waals surface area contributed by atoms with E-state index in [9.17, 15) is 0 Å². The lowest BCUT2D eigenvalue weighted by molar-refractivity contribution is 0.593. The molecule has 0 saturated heterocycles. The quantitative estimate of drug-likeness (QED) is 0.456. The maximum absolute atomic E-state index is 6.03. The summed E-state index contributed by atoms with van der Waals surface area (Å²) in [7, 11) is 6.03. The van der Waals surface area contributed by atoms with E-state index in [1.807, 2.05) is 0 Å². The van der Waals surface area contributed by atoms with Crippen molar-refractivity contribution in [2.24, 2.45) is 0 Å². The molecule has 3 aromatic carbocycles. The van der Waals surface area contributed by atoms with E-state index in [0.717, 1.165) is 6.42 Å². The number of hydrogen-bond acceptors (Lipinski definition) is 0. The molecule has 22 heavy (non-hydrogen) atoms. The molecule has 1 heteroatoms. The first-order chi connectivity index (χ1) is 10.9. The van der Waals surface area contributed by atoms with Crippen LogP contribution in [0.25, 0.3) is 0 Å². The molecule has 0 heterocycles. The van der Waals surface area contributed by atoms with Gasteiger partial charge < -0.3 is 0 Å². The lowest BCUT2D eigenvalue weighted by atomic mass is 9.65. The van der Waals surface area contributed by atoms with E-state index in [1.165, 1.54) is 16.7 Å². The van der Waals surface area contributed by atoms with Gasteiger partial charge in [0.2, 0.25) is 0 Å². The Morgan fingerprint density at radius 1 is 0.545 bits per heavy atom. The van der Waals surface area contributed by atoms with Gasteiger partial charge in [-0.25, -0.2) is 0 Å². The van der Waals surface area contributed by atoms with Crippen LogP contribution in [0.2, 0.25) is 6.32 Å². The monoisotopic (exact) mass is 282 g/mol. The summed E-state index contributed by atoms with van der Waals surface area (Å²) in [6.45, 7) is 0. The van der Waals surface area contributed by atoms with Crippen LogP contribution < -0.4 is 0 Å². The first-order valence-corrected chi connectivity index (χ1v) is 7.74. The zero-order valence-corrected chi connectivity index (χ0v) is 12.7. The predicted molar refractivity (Wildman–Crippen MR) is 94.4 cm³/mol. The SMILES string of the molecule is [B]CCC(c1ccccc1)(c1ccccc1)c1ccccc1. The Balaban J connectivity index is 2.29. The van der Waals surface area contributed by atoms with Crippen LogP contribution in [0.4, 0.5) is 0 Å². The van der Waals surface area contributed by atoms with Crippen molar-refractivity contribution in [2.45, 2.75) is 18.2 Å². The molecule has 0 bridgehead atoms. The zero-order valence-electron chi connectivity index (χ0n) is 12.7. The van der Waals surface area contributed by atoms with Gasteiger partial charge in [0.25, 0.3) is 0 Å². The molecule has 0 N–H and O–H groups in total.